The number of carbonyl (C=O) groups excluding carboxylic acids is 1. The van der Waals surface area contributed by atoms with E-state index in [1.54, 1.807) is 0 Å². The van der Waals surface area contributed by atoms with Gasteiger partial charge >= 0.3 is 0 Å². The van der Waals surface area contributed by atoms with Crippen LogP contribution in [0, 0.1) is 0 Å². The molecule has 0 N–H and O–H groups in total. The number of nitrogens with zero attached hydrogens (tertiary/aromatic N) is 2. The van der Waals surface area contributed by atoms with Crippen LogP contribution in [0.25, 0.3) is 0 Å². The van der Waals surface area contributed by atoms with Crippen LogP contribution in [0.3, 0.4) is 0 Å². The topological polar surface area (TPSA) is 42.9 Å². The van der Waals surface area contributed by atoms with Crippen molar-refractivity contribution in [3.05, 3.63) is 22.7 Å². The van der Waals surface area contributed by atoms with E-state index in [-0.39, 0.29) is 10.7 Å². The standard InChI is InChI=1S/C11H12Cl2N2O/c12-9-8(10(13)16)6-14-11(15-9)7-4-2-1-3-5-7/h6-7H,1-5H2. The lowest BCUT2D eigenvalue weighted by Crippen LogP contribution is -2.10. The summed E-state index contributed by atoms with van der Waals surface area (Å²) in [6, 6.07) is 0. The van der Waals surface area contributed by atoms with E-state index in [9.17, 15) is 4.79 Å². The summed E-state index contributed by atoms with van der Waals surface area (Å²) in [5.74, 6) is 1.12. The van der Waals surface area contributed by atoms with Crippen molar-refractivity contribution >= 4 is 28.4 Å². The summed E-state index contributed by atoms with van der Waals surface area (Å²) >= 11 is 11.2. The minimum Gasteiger partial charge on any atom is -0.275 e. The zero-order valence-corrected chi connectivity index (χ0v) is 10.3. The van der Waals surface area contributed by atoms with Gasteiger partial charge in [0.25, 0.3) is 5.24 Å². The Morgan fingerprint density at radius 2 is 2.00 bits per heavy atom. The second kappa shape index (κ2) is 5.11. The highest BCUT2D eigenvalue weighted by molar-refractivity contribution is 6.68. The molecule has 0 atom stereocenters. The summed E-state index contributed by atoms with van der Waals surface area (Å²) in [7, 11) is 0. The van der Waals surface area contributed by atoms with E-state index in [1.165, 1.54) is 25.5 Å². The Morgan fingerprint density at radius 3 is 2.56 bits per heavy atom. The van der Waals surface area contributed by atoms with Crippen molar-refractivity contribution < 1.29 is 4.79 Å². The average Bonchev–Trinajstić information content (AvgIpc) is 2.29. The predicted molar refractivity (Wildman–Crippen MR) is 63.1 cm³/mol. The molecule has 1 fully saturated rings. The lowest BCUT2D eigenvalue weighted by atomic mass is 9.89. The van der Waals surface area contributed by atoms with Gasteiger partial charge in [-0.15, -0.1) is 0 Å². The molecule has 1 aliphatic rings. The Bertz CT molecular complexity index is 403. The van der Waals surface area contributed by atoms with E-state index in [4.69, 9.17) is 23.2 Å². The largest absolute Gasteiger partial charge is 0.275 e. The van der Waals surface area contributed by atoms with Crippen LogP contribution in [-0.2, 0) is 0 Å². The summed E-state index contributed by atoms with van der Waals surface area (Å²) in [5.41, 5.74) is 0.183. The van der Waals surface area contributed by atoms with Gasteiger partial charge in [-0.1, -0.05) is 30.9 Å². The Hall–Kier alpha value is -0.670. The van der Waals surface area contributed by atoms with Crippen LogP contribution in [0.5, 0.6) is 0 Å². The van der Waals surface area contributed by atoms with Gasteiger partial charge in [0.2, 0.25) is 0 Å². The van der Waals surface area contributed by atoms with Crippen LogP contribution in [0.1, 0.15) is 54.2 Å². The van der Waals surface area contributed by atoms with Crippen LogP contribution in [-0.4, -0.2) is 15.2 Å². The van der Waals surface area contributed by atoms with E-state index < -0.39 is 5.24 Å². The highest BCUT2D eigenvalue weighted by Gasteiger charge is 2.20. The lowest BCUT2D eigenvalue weighted by Gasteiger charge is -2.20. The molecule has 0 unspecified atom stereocenters. The number of hydrogen-bond donors (Lipinski definition) is 0. The summed E-state index contributed by atoms with van der Waals surface area (Å²) in [5, 5.41) is -0.448. The SMILES string of the molecule is O=C(Cl)c1cnc(C2CCCCC2)nc1Cl. The third kappa shape index (κ3) is 2.53. The van der Waals surface area contributed by atoms with Gasteiger partial charge in [0.05, 0.1) is 5.56 Å². The Labute approximate surface area is 104 Å². The molecule has 1 heterocycles. The highest BCUT2D eigenvalue weighted by Crippen LogP contribution is 2.31. The monoisotopic (exact) mass is 258 g/mol. The number of carbonyl (C=O) groups is 1. The van der Waals surface area contributed by atoms with Gasteiger partial charge in [0, 0.05) is 12.1 Å². The molecule has 3 nitrogen and oxygen atoms in total. The number of halogens is 2. The molecule has 0 radical (unpaired) electrons. The van der Waals surface area contributed by atoms with Crippen molar-refractivity contribution in [2.24, 2.45) is 0 Å². The summed E-state index contributed by atoms with van der Waals surface area (Å²) in [6.07, 6.45) is 7.33. The molecule has 5 heteroatoms. The molecule has 0 bridgehead atoms. The molecule has 2 rings (SSSR count). The fourth-order valence-corrected chi connectivity index (χ4v) is 2.47. The van der Waals surface area contributed by atoms with E-state index in [0.717, 1.165) is 18.7 Å². The Balaban J connectivity index is 2.23. The van der Waals surface area contributed by atoms with Crippen LogP contribution in [0.4, 0.5) is 0 Å². The van der Waals surface area contributed by atoms with Gasteiger partial charge < -0.3 is 0 Å². The van der Waals surface area contributed by atoms with Crippen molar-refractivity contribution in [1.82, 2.24) is 9.97 Å². The Morgan fingerprint density at radius 1 is 1.31 bits per heavy atom. The Kier molecular flexibility index (Phi) is 3.77. The maximum atomic E-state index is 11.0. The first-order valence-electron chi connectivity index (χ1n) is 5.40. The zero-order valence-electron chi connectivity index (χ0n) is 8.75. The summed E-state index contributed by atoms with van der Waals surface area (Å²) < 4.78 is 0. The van der Waals surface area contributed by atoms with Crippen LogP contribution < -0.4 is 0 Å². The van der Waals surface area contributed by atoms with Gasteiger partial charge in [-0.2, -0.15) is 0 Å². The van der Waals surface area contributed by atoms with Crippen molar-refractivity contribution in [3.8, 4) is 0 Å². The zero-order chi connectivity index (χ0) is 11.5. The minimum absolute atomic E-state index is 0.163. The van der Waals surface area contributed by atoms with E-state index in [2.05, 4.69) is 9.97 Å². The van der Waals surface area contributed by atoms with Gasteiger partial charge in [-0.3, -0.25) is 4.79 Å². The van der Waals surface area contributed by atoms with E-state index in [0.29, 0.717) is 5.92 Å². The molecular weight excluding hydrogens is 247 g/mol. The van der Waals surface area contributed by atoms with Crippen LogP contribution in [0.15, 0.2) is 6.20 Å². The molecule has 16 heavy (non-hydrogen) atoms. The van der Waals surface area contributed by atoms with Crippen LogP contribution in [0.2, 0.25) is 5.15 Å². The lowest BCUT2D eigenvalue weighted by molar-refractivity contribution is 0.108. The van der Waals surface area contributed by atoms with Crippen LogP contribution >= 0.6 is 23.2 Å². The van der Waals surface area contributed by atoms with Crippen molar-refractivity contribution in [2.75, 3.05) is 0 Å². The molecule has 1 aliphatic carbocycles. The number of rotatable bonds is 2. The molecule has 0 aliphatic heterocycles. The van der Waals surface area contributed by atoms with Gasteiger partial charge in [-0.05, 0) is 24.4 Å². The summed E-state index contributed by atoms with van der Waals surface area (Å²) in [6.45, 7) is 0. The molecule has 0 spiro atoms. The number of hydrogen-bond acceptors (Lipinski definition) is 3. The first-order chi connectivity index (χ1) is 7.68. The normalized spacial score (nSPS) is 17.4. The van der Waals surface area contributed by atoms with Gasteiger partial charge in [0.1, 0.15) is 11.0 Å². The van der Waals surface area contributed by atoms with E-state index >= 15 is 0 Å². The molecular formula is C11H12Cl2N2O. The first kappa shape index (κ1) is 11.8. The van der Waals surface area contributed by atoms with Gasteiger partial charge in [0.15, 0.2) is 0 Å². The fraction of sp³-hybridized carbons (Fsp3) is 0.545. The highest BCUT2D eigenvalue weighted by atomic mass is 35.5. The first-order valence-corrected chi connectivity index (χ1v) is 6.16. The predicted octanol–water partition coefficient (Wildman–Crippen LogP) is 3.56. The average molecular weight is 259 g/mol. The third-order valence-corrected chi connectivity index (χ3v) is 3.43. The van der Waals surface area contributed by atoms with Gasteiger partial charge in [-0.25, -0.2) is 9.97 Å². The molecule has 1 aromatic rings. The second-order valence-electron chi connectivity index (χ2n) is 4.04. The second-order valence-corrected chi connectivity index (χ2v) is 4.74. The third-order valence-electron chi connectivity index (χ3n) is 2.94. The van der Waals surface area contributed by atoms with Crippen molar-refractivity contribution in [1.29, 1.82) is 0 Å². The molecule has 0 aromatic carbocycles. The quantitative estimate of drug-likeness (QED) is 0.602. The molecule has 1 aromatic heterocycles. The maximum absolute atomic E-state index is 11.0. The number of aromatic nitrogens is 2. The van der Waals surface area contributed by atoms with Crippen molar-refractivity contribution in [2.45, 2.75) is 38.0 Å². The smallest absolute Gasteiger partial charge is 0.257 e. The molecule has 86 valence electrons. The van der Waals surface area contributed by atoms with Crippen molar-refractivity contribution in [3.63, 3.8) is 0 Å². The summed E-state index contributed by atoms with van der Waals surface area (Å²) in [4.78, 5) is 19.3. The molecule has 1 saturated carbocycles. The minimum atomic E-state index is -0.611. The maximum Gasteiger partial charge on any atom is 0.257 e. The molecule has 0 amide bonds. The van der Waals surface area contributed by atoms with E-state index in [1.807, 2.05) is 0 Å². The fourth-order valence-electron chi connectivity index (χ4n) is 2.06. The molecule has 0 saturated heterocycles.